The molecule has 2 aromatic carbocycles. The molecule has 3 aromatic rings. The number of nitrogens with one attached hydrogen (secondary N) is 1. The smallest absolute Gasteiger partial charge is 0.344 e. The molecule has 30 heavy (non-hydrogen) atoms. The Morgan fingerprint density at radius 1 is 1.23 bits per heavy atom. The van der Waals surface area contributed by atoms with E-state index in [0.29, 0.717) is 16.9 Å². The molecule has 0 radical (unpaired) electrons. The van der Waals surface area contributed by atoms with Crippen LogP contribution in [-0.2, 0) is 9.53 Å². The molecule has 0 unspecified atom stereocenters. The second-order valence-electron chi connectivity index (χ2n) is 5.98. The molecule has 0 bridgehead atoms. The molecule has 0 atom stereocenters. The first-order chi connectivity index (χ1) is 14.5. The van der Waals surface area contributed by atoms with Crippen molar-refractivity contribution in [3.63, 3.8) is 0 Å². The van der Waals surface area contributed by atoms with Crippen LogP contribution in [0.1, 0.15) is 23.0 Å². The van der Waals surface area contributed by atoms with E-state index < -0.39 is 11.9 Å². The standard InChI is InChI=1S/C21H19ClN2O6/c1-3-28-19(25)12-29-20-15(22)8-13(9-17(20)27-2)11-23-24-21(26)18-10-14-6-4-5-7-16(14)30-18/h4-11H,3,12H2,1-2H3,(H,24,26)/b23-11+. The van der Waals surface area contributed by atoms with Crippen LogP contribution < -0.4 is 14.9 Å². The quantitative estimate of drug-likeness (QED) is 0.331. The van der Waals surface area contributed by atoms with Gasteiger partial charge in [0.15, 0.2) is 23.9 Å². The number of hydrazone groups is 1. The summed E-state index contributed by atoms with van der Waals surface area (Å²) in [5.41, 5.74) is 3.55. The lowest BCUT2D eigenvalue weighted by molar-refractivity contribution is -0.145. The first-order valence-corrected chi connectivity index (χ1v) is 9.37. The number of furan rings is 1. The van der Waals surface area contributed by atoms with Gasteiger partial charge in [0.2, 0.25) is 0 Å². The lowest BCUT2D eigenvalue weighted by Gasteiger charge is -2.12. The summed E-state index contributed by atoms with van der Waals surface area (Å²) in [6.45, 7) is 1.65. The van der Waals surface area contributed by atoms with Crippen LogP contribution >= 0.6 is 11.6 Å². The third-order valence-electron chi connectivity index (χ3n) is 3.92. The van der Waals surface area contributed by atoms with Gasteiger partial charge in [0.1, 0.15) is 5.58 Å². The van der Waals surface area contributed by atoms with Gasteiger partial charge >= 0.3 is 11.9 Å². The zero-order chi connectivity index (χ0) is 21.5. The number of nitrogens with zero attached hydrogens (tertiary/aromatic N) is 1. The highest BCUT2D eigenvalue weighted by molar-refractivity contribution is 6.32. The van der Waals surface area contributed by atoms with Gasteiger partial charge in [-0.25, -0.2) is 10.2 Å². The number of hydrogen-bond acceptors (Lipinski definition) is 7. The van der Waals surface area contributed by atoms with Crippen LogP contribution in [0.4, 0.5) is 0 Å². The van der Waals surface area contributed by atoms with Crippen molar-refractivity contribution in [1.29, 1.82) is 0 Å². The molecule has 0 saturated heterocycles. The van der Waals surface area contributed by atoms with E-state index in [1.807, 2.05) is 18.2 Å². The number of benzene rings is 2. The topological polar surface area (TPSA) is 99.4 Å². The van der Waals surface area contributed by atoms with Crippen LogP contribution in [0, 0.1) is 0 Å². The monoisotopic (exact) mass is 430 g/mol. The van der Waals surface area contributed by atoms with Crippen molar-refractivity contribution in [3.8, 4) is 11.5 Å². The van der Waals surface area contributed by atoms with Crippen molar-refractivity contribution >= 4 is 40.7 Å². The molecule has 9 heteroatoms. The summed E-state index contributed by atoms with van der Waals surface area (Å²) < 4.78 is 21.0. The normalized spacial score (nSPS) is 10.9. The number of amides is 1. The van der Waals surface area contributed by atoms with Gasteiger partial charge < -0.3 is 18.6 Å². The van der Waals surface area contributed by atoms with Crippen LogP contribution in [0.5, 0.6) is 11.5 Å². The van der Waals surface area contributed by atoms with Crippen molar-refractivity contribution in [3.05, 3.63) is 58.8 Å². The van der Waals surface area contributed by atoms with Crippen molar-refractivity contribution in [2.24, 2.45) is 5.10 Å². The van der Waals surface area contributed by atoms with E-state index in [1.165, 1.54) is 13.3 Å². The third-order valence-corrected chi connectivity index (χ3v) is 4.20. The number of esters is 1. The minimum atomic E-state index is -0.519. The fraction of sp³-hybridized carbons (Fsp3) is 0.190. The molecule has 0 aliphatic rings. The van der Waals surface area contributed by atoms with Gasteiger partial charge in [-0.05, 0) is 36.8 Å². The summed E-state index contributed by atoms with van der Waals surface area (Å²) >= 11 is 6.24. The number of hydrogen-bond donors (Lipinski definition) is 1. The summed E-state index contributed by atoms with van der Waals surface area (Å²) in [5, 5.41) is 4.95. The fourth-order valence-corrected chi connectivity index (χ4v) is 2.88. The molecule has 0 saturated carbocycles. The Kier molecular flexibility index (Phi) is 6.92. The minimum absolute atomic E-state index is 0.145. The second kappa shape index (κ2) is 9.80. The molecular formula is C21H19ClN2O6. The highest BCUT2D eigenvalue weighted by Gasteiger charge is 2.14. The van der Waals surface area contributed by atoms with Gasteiger partial charge in [-0.15, -0.1) is 0 Å². The van der Waals surface area contributed by atoms with Crippen molar-refractivity contribution in [2.45, 2.75) is 6.92 Å². The molecule has 1 heterocycles. The maximum absolute atomic E-state index is 12.2. The Bertz CT molecular complexity index is 1060. The molecule has 156 valence electrons. The van der Waals surface area contributed by atoms with E-state index in [4.69, 9.17) is 30.2 Å². The minimum Gasteiger partial charge on any atom is -0.493 e. The number of rotatable bonds is 8. The van der Waals surface area contributed by atoms with Gasteiger partial charge in [0, 0.05) is 5.39 Å². The molecule has 0 aliphatic heterocycles. The number of methoxy groups -OCH3 is 1. The van der Waals surface area contributed by atoms with Crippen LogP contribution in [0.25, 0.3) is 11.0 Å². The summed E-state index contributed by atoms with van der Waals surface area (Å²) in [4.78, 5) is 23.7. The van der Waals surface area contributed by atoms with E-state index in [-0.39, 0.29) is 29.7 Å². The number of fused-ring (bicyclic) bond motifs is 1. The van der Waals surface area contributed by atoms with Crippen LogP contribution in [0.3, 0.4) is 0 Å². The van der Waals surface area contributed by atoms with Crippen LogP contribution in [-0.4, -0.2) is 38.4 Å². The SMILES string of the molecule is CCOC(=O)COc1c(Cl)cc(/C=N/NC(=O)c2cc3ccccc3o2)cc1OC. The average Bonchev–Trinajstić information content (AvgIpc) is 3.17. The summed E-state index contributed by atoms with van der Waals surface area (Å²) in [6.07, 6.45) is 1.39. The van der Waals surface area contributed by atoms with Crippen LogP contribution in [0.15, 0.2) is 52.0 Å². The molecule has 1 amide bonds. The largest absolute Gasteiger partial charge is 0.493 e. The van der Waals surface area contributed by atoms with Gasteiger partial charge in [-0.1, -0.05) is 29.8 Å². The molecule has 8 nitrogen and oxygen atoms in total. The lowest BCUT2D eigenvalue weighted by atomic mass is 10.2. The van der Waals surface area contributed by atoms with Crippen molar-refractivity contribution in [1.82, 2.24) is 5.43 Å². The maximum atomic E-state index is 12.2. The Balaban J connectivity index is 1.68. The predicted octanol–water partition coefficient (Wildman–Crippen LogP) is 3.80. The summed E-state index contributed by atoms with van der Waals surface area (Å²) in [7, 11) is 1.44. The Hall–Kier alpha value is -3.52. The Morgan fingerprint density at radius 3 is 2.77 bits per heavy atom. The molecular weight excluding hydrogens is 412 g/mol. The van der Waals surface area contributed by atoms with E-state index in [9.17, 15) is 9.59 Å². The lowest BCUT2D eigenvalue weighted by Crippen LogP contribution is -2.16. The van der Waals surface area contributed by atoms with Gasteiger partial charge in [-0.2, -0.15) is 5.10 Å². The van der Waals surface area contributed by atoms with E-state index in [1.54, 1.807) is 31.2 Å². The molecule has 0 aliphatic carbocycles. The summed E-state index contributed by atoms with van der Waals surface area (Å²) in [6, 6.07) is 12.1. The average molecular weight is 431 g/mol. The zero-order valence-corrected chi connectivity index (χ0v) is 17.1. The van der Waals surface area contributed by atoms with Crippen LogP contribution in [0.2, 0.25) is 5.02 Å². The second-order valence-corrected chi connectivity index (χ2v) is 6.38. The highest BCUT2D eigenvalue weighted by Crippen LogP contribution is 2.36. The molecule has 3 rings (SSSR count). The number of carbonyl (C=O) groups is 2. The number of carbonyl (C=O) groups excluding carboxylic acids is 2. The van der Waals surface area contributed by atoms with Gasteiger partial charge in [-0.3, -0.25) is 4.79 Å². The van der Waals surface area contributed by atoms with Gasteiger partial charge in [0.25, 0.3) is 0 Å². The maximum Gasteiger partial charge on any atom is 0.344 e. The van der Waals surface area contributed by atoms with Crippen molar-refractivity contribution < 1.29 is 28.2 Å². The fourth-order valence-electron chi connectivity index (χ4n) is 2.60. The molecule has 1 N–H and O–H groups in total. The molecule has 0 fully saturated rings. The third kappa shape index (κ3) is 5.09. The Labute approximate surface area is 177 Å². The molecule has 1 aromatic heterocycles. The number of halogens is 1. The first kappa shape index (κ1) is 21.2. The van der Waals surface area contributed by atoms with E-state index in [0.717, 1.165) is 5.39 Å². The number of ether oxygens (including phenoxy) is 3. The zero-order valence-electron chi connectivity index (χ0n) is 16.3. The number of para-hydroxylation sites is 1. The van der Waals surface area contributed by atoms with Gasteiger partial charge in [0.05, 0.1) is 25.0 Å². The van der Waals surface area contributed by atoms with E-state index >= 15 is 0 Å². The predicted molar refractivity (Wildman–Crippen MR) is 111 cm³/mol. The summed E-state index contributed by atoms with van der Waals surface area (Å²) in [5.74, 6) is -0.358. The van der Waals surface area contributed by atoms with Crippen molar-refractivity contribution in [2.75, 3.05) is 20.3 Å². The first-order valence-electron chi connectivity index (χ1n) is 8.99. The molecule has 0 spiro atoms. The van der Waals surface area contributed by atoms with E-state index in [2.05, 4.69) is 10.5 Å². The highest BCUT2D eigenvalue weighted by atomic mass is 35.5. The Morgan fingerprint density at radius 2 is 2.03 bits per heavy atom.